The Morgan fingerprint density at radius 2 is 1.85 bits per heavy atom. The van der Waals surface area contributed by atoms with Gasteiger partial charge in [0.2, 0.25) is 0 Å². The molecule has 0 aromatic heterocycles. The molecule has 0 aliphatic carbocycles. The van der Waals surface area contributed by atoms with Gasteiger partial charge in [-0.2, -0.15) is 5.10 Å². The standard InChI is InChI=1S/C20H21FN4S/c1-20(2)16-6-4-5-7-17(16)25(3)18(20)12-13-22-24-19(26)23-15-10-8-14(21)9-11-15/h4-13H,1-3H3,(H2,23,24,26). The number of hydrogen-bond acceptors (Lipinski definition) is 3. The van der Waals surface area contributed by atoms with Crippen molar-refractivity contribution < 1.29 is 4.39 Å². The second-order valence-electron chi connectivity index (χ2n) is 6.60. The van der Waals surface area contributed by atoms with Crippen LogP contribution in [0.2, 0.25) is 0 Å². The van der Waals surface area contributed by atoms with Gasteiger partial charge in [-0.3, -0.25) is 5.43 Å². The predicted octanol–water partition coefficient (Wildman–Crippen LogP) is 4.41. The van der Waals surface area contributed by atoms with Crippen LogP contribution in [0.1, 0.15) is 19.4 Å². The van der Waals surface area contributed by atoms with Crippen LogP contribution in [0.4, 0.5) is 15.8 Å². The Bertz CT molecular complexity index is 872. The molecule has 0 atom stereocenters. The molecule has 3 rings (SSSR count). The summed E-state index contributed by atoms with van der Waals surface area (Å²) < 4.78 is 12.9. The molecule has 0 saturated heterocycles. The van der Waals surface area contributed by atoms with Crippen molar-refractivity contribution in [1.82, 2.24) is 5.43 Å². The lowest BCUT2D eigenvalue weighted by Gasteiger charge is -2.23. The number of nitrogens with one attached hydrogen (secondary N) is 2. The molecule has 0 unspecified atom stereocenters. The van der Waals surface area contributed by atoms with E-state index >= 15 is 0 Å². The van der Waals surface area contributed by atoms with Crippen LogP contribution in [0, 0.1) is 5.82 Å². The molecule has 0 spiro atoms. The van der Waals surface area contributed by atoms with Crippen molar-refractivity contribution in [3.63, 3.8) is 0 Å². The number of para-hydroxylation sites is 1. The highest BCUT2D eigenvalue weighted by Gasteiger charge is 2.37. The highest BCUT2D eigenvalue weighted by Crippen LogP contribution is 2.46. The zero-order chi connectivity index (χ0) is 18.7. The van der Waals surface area contributed by atoms with Crippen LogP contribution in [-0.2, 0) is 5.41 Å². The van der Waals surface area contributed by atoms with E-state index in [1.54, 1.807) is 18.3 Å². The van der Waals surface area contributed by atoms with E-state index in [1.807, 2.05) is 12.1 Å². The molecule has 1 aliphatic rings. The summed E-state index contributed by atoms with van der Waals surface area (Å²) in [4.78, 5) is 2.18. The molecule has 1 aliphatic heterocycles. The first-order valence-corrected chi connectivity index (χ1v) is 8.70. The summed E-state index contributed by atoms with van der Waals surface area (Å²) in [5, 5.41) is 7.44. The van der Waals surface area contributed by atoms with E-state index in [4.69, 9.17) is 12.2 Å². The molecule has 2 N–H and O–H groups in total. The van der Waals surface area contributed by atoms with Crippen molar-refractivity contribution in [2.75, 3.05) is 17.3 Å². The minimum Gasteiger partial charge on any atom is -0.347 e. The molecule has 1 heterocycles. The maximum Gasteiger partial charge on any atom is 0.191 e. The van der Waals surface area contributed by atoms with Gasteiger partial charge < -0.3 is 10.2 Å². The molecular weight excluding hydrogens is 347 g/mol. The molecular formula is C20H21FN4S. The summed E-state index contributed by atoms with van der Waals surface area (Å²) in [6.07, 6.45) is 3.67. The molecule has 6 heteroatoms. The number of likely N-dealkylation sites (N-methyl/N-ethyl adjacent to an activating group) is 1. The average molecular weight is 368 g/mol. The quantitative estimate of drug-likeness (QED) is 0.478. The summed E-state index contributed by atoms with van der Waals surface area (Å²) in [6, 6.07) is 14.3. The lowest BCUT2D eigenvalue weighted by atomic mass is 9.84. The Hall–Kier alpha value is -2.73. The minimum atomic E-state index is -0.289. The van der Waals surface area contributed by atoms with E-state index in [2.05, 4.69) is 59.8 Å². The number of hydrazone groups is 1. The molecule has 0 fully saturated rings. The summed E-state index contributed by atoms with van der Waals surface area (Å²) in [5.74, 6) is -0.289. The Morgan fingerprint density at radius 1 is 1.15 bits per heavy atom. The minimum absolute atomic E-state index is 0.0930. The van der Waals surface area contributed by atoms with Gasteiger partial charge in [0.15, 0.2) is 5.11 Å². The fourth-order valence-corrected chi connectivity index (χ4v) is 3.37. The lowest BCUT2D eigenvalue weighted by molar-refractivity contribution is 0.628. The van der Waals surface area contributed by atoms with Crippen LogP contribution in [0.15, 0.2) is 65.4 Å². The van der Waals surface area contributed by atoms with Crippen molar-refractivity contribution in [2.24, 2.45) is 5.10 Å². The number of rotatable bonds is 3. The van der Waals surface area contributed by atoms with E-state index in [1.165, 1.54) is 23.4 Å². The van der Waals surface area contributed by atoms with E-state index in [0.29, 0.717) is 10.8 Å². The maximum absolute atomic E-state index is 12.9. The van der Waals surface area contributed by atoms with Crippen LogP contribution in [0.3, 0.4) is 0 Å². The Kier molecular flexibility index (Phi) is 5.04. The highest BCUT2D eigenvalue weighted by molar-refractivity contribution is 7.80. The largest absolute Gasteiger partial charge is 0.347 e. The number of anilines is 2. The second-order valence-corrected chi connectivity index (χ2v) is 7.01. The van der Waals surface area contributed by atoms with Gasteiger partial charge in [-0.25, -0.2) is 4.39 Å². The van der Waals surface area contributed by atoms with Crippen LogP contribution in [0.25, 0.3) is 0 Å². The topological polar surface area (TPSA) is 39.7 Å². The zero-order valence-corrected chi connectivity index (χ0v) is 15.8. The van der Waals surface area contributed by atoms with Crippen LogP contribution < -0.4 is 15.6 Å². The lowest BCUT2D eigenvalue weighted by Crippen LogP contribution is -2.24. The monoisotopic (exact) mass is 368 g/mol. The first-order valence-electron chi connectivity index (χ1n) is 8.29. The molecule has 0 saturated carbocycles. The van der Waals surface area contributed by atoms with Gasteiger partial charge in [0.1, 0.15) is 5.82 Å². The Balaban J connectivity index is 1.64. The molecule has 0 radical (unpaired) electrons. The molecule has 26 heavy (non-hydrogen) atoms. The predicted molar refractivity (Wildman–Crippen MR) is 110 cm³/mol. The number of thiocarbonyl (C=S) groups is 1. The fraction of sp³-hybridized carbons (Fsp3) is 0.200. The Labute approximate surface area is 158 Å². The van der Waals surface area contributed by atoms with E-state index < -0.39 is 0 Å². The summed E-state index contributed by atoms with van der Waals surface area (Å²) >= 11 is 5.18. The first kappa shape index (κ1) is 18.1. The summed E-state index contributed by atoms with van der Waals surface area (Å²) in [6.45, 7) is 4.40. The first-order chi connectivity index (χ1) is 12.4. The second kappa shape index (κ2) is 7.25. The van der Waals surface area contributed by atoms with Crippen LogP contribution in [-0.4, -0.2) is 18.4 Å². The maximum atomic E-state index is 12.9. The van der Waals surface area contributed by atoms with Crippen molar-refractivity contribution in [3.05, 3.63) is 71.7 Å². The number of hydrogen-bond donors (Lipinski definition) is 2. The van der Waals surface area contributed by atoms with Gasteiger partial charge in [-0.15, -0.1) is 0 Å². The average Bonchev–Trinajstić information content (AvgIpc) is 2.81. The third kappa shape index (κ3) is 3.60. The van der Waals surface area contributed by atoms with Gasteiger partial charge >= 0.3 is 0 Å². The van der Waals surface area contributed by atoms with Gasteiger partial charge in [0, 0.05) is 35.7 Å². The van der Waals surface area contributed by atoms with Crippen LogP contribution in [0.5, 0.6) is 0 Å². The number of fused-ring (bicyclic) bond motifs is 1. The van der Waals surface area contributed by atoms with E-state index in [-0.39, 0.29) is 11.2 Å². The molecule has 4 nitrogen and oxygen atoms in total. The SMILES string of the molecule is CN1C(=CC=NNC(=S)Nc2ccc(F)cc2)C(C)(C)c2ccccc21. The van der Waals surface area contributed by atoms with Crippen molar-refractivity contribution in [2.45, 2.75) is 19.3 Å². The zero-order valence-electron chi connectivity index (χ0n) is 15.0. The van der Waals surface area contributed by atoms with Gasteiger partial charge in [-0.05, 0) is 54.2 Å². The van der Waals surface area contributed by atoms with E-state index in [0.717, 1.165) is 5.70 Å². The van der Waals surface area contributed by atoms with Crippen LogP contribution >= 0.6 is 12.2 Å². The summed E-state index contributed by atoms with van der Waals surface area (Å²) in [5.41, 5.74) is 7.03. The molecule has 2 aromatic rings. The fourth-order valence-electron chi connectivity index (χ4n) is 3.20. The van der Waals surface area contributed by atoms with Gasteiger partial charge in [-0.1, -0.05) is 32.0 Å². The van der Waals surface area contributed by atoms with Gasteiger partial charge in [0.25, 0.3) is 0 Å². The third-order valence-electron chi connectivity index (χ3n) is 4.52. The Morgan fingerprint density at radius 3 is 2.54 bits per heavy atom. The smallest absolute Gasteiger partial charge is 0.191 e. The van der Waals surface area contributed by atoms with Crippen molar-refractivity contribution in [3.8, 4) is 0 Å². The van der Waals surface area contributed by atoms with E-state index in [9.17, 15) is 4.39 Å². The van der Waals surface area contributed by atoms with Crippen molar-refractivity contribution in [1.29, 1.82) is 0 Å². The molecule has 0 bridgehead atoms. The molecule has 2 aromatic carbocycles. The number of nitrogens with zero attached hydrogens (tertiary/aromatic N) is 2. The molecule has 134 valence electrons. The highest BCUT2D eigenvalue weighted by atomic mass is 32.1. The van der Waals surface area contributed by atoms with Crippen molar-refractivity contribution >= 4 is 34.9 Å². The molecule has 0 amide bonds. The number of benzene rings is 2. The number of halogens is 1. The normalized spacial score (nSPS) is 16.8. The summed E-state index contributed by atoms with van der Waals surface area (Å²) in [7, 11) is 2.06. The third-order valence-corrected chi connectivity index (χ3v) is 4.71. The number of allylic oxidation sites excluding steroid dienone is 2. The van der Waals surface area contributed by atoms with Gasteiger partial charge in [0.05, 0.1) is 0 Å².